The van der Waals surface area contributed by atoms with E-state index < -0.39 is 0 Å². The van der Waals surface area contributed by atoms with Crippen molar-refractivity contribution >= 4 is 22.6 Å². The first-order chi connectivity index (χ1) is 18.0. The van der Waals surface area contributed by atoms with Crippen LogP contribution in [0.4, 0.5) is 5.82 Å². The van der Waals surface area contributed by atoms with Gasteiger partial charge in [0.1, 0.15) is 5.82 Å². The number of piperidine rings is 1. The number of carbonyl (C=O) groups is 1. The summed E-state index contributed by atoms with van der Waals surface area (Å²) in [5.74, 6) is 3.34. The molecule has 1 N–H and O–H groups in total. The van der Waals surface area contributed by atoms with Crippen LogP contribution in [0.2, 0.25) is 0 Å². The second-order valence-electron chi connectivity index (χ2n) is 10.0. The summed E-state index contributed by atoms with van der Waals surface area (Å²) < 4.78 is 10.7. The molecule has 2 aliphatic heterocycles. The zero-order valence-electron chi connectivity index (χ0n) is 21.0. The lowest BCUT2D eigenvalue weighted by atomic mass is 9.92. The van der Waals surface area contributed by atoms with Gasteiger partial charge >= 0.3 is 0 Å². The predicted molar refractivity (Wildman–Crippen MR) is 142 cm³/mol. The fourth-order valence-electron chi connectivity index (χ4n) is 5.20. The number of hydrogen-bond acceptors (Lipinski definition) is 7. The predicted octanol–water partition coefficient (Wildman–Crippen LogP) is 4.83. The van der Waals surface area contributed by atoms with Gasteiger partial charge in [0.05, 0.1) is 29.1 Å². The Labute approximate surface area is 215 Å². The van der Waals surface area contributed by atoms with Crippen LogP contribution >= 0.6 is 0 Å². The van der Waals surface area contributed by atoms with E-state index in [2.05, 4.69) is 41.2 Å². The largest absolute Gasteiger partial charge is 0.454 e. The number of nitrogens with one attached hydrogen (secondary N) is 1. The molecule has 0 unspecified atom stereocenters. The molecule has 8 nitrogen and oxygen atoms in total. The Morgan fingerprint density at radius 1 is 0.973 bits per heavy atom. The normalized spacial score (nSPS) is 18.7. The fourth-order valence-corrected chi connectivity index (χ4v) is 5.20. The van der Waals surface area contributed by atoms with Crippen molar-refractivity contribution < 1.29 is 14.3 Å². The van der Waals surface area contributed by atoms with Crippen LogP contribution in [0.3, 0.4) is 0 Å². The summed E-state index contributed by atoms with van der Waals surface area (Å²) in [5, 5.41) is 3.86. The molecule has 2 atom stereocenters. The zero-order chi connectivity index (χ0) is 25.4. The molecule has 188 valence electrons. The number of amides is 1. The number of rotatable bonds is 5. The number of benzene rings is 1. The molecule has 5 heterocycles. The SMILES string of the molecule is C[C@@H]1C[C@H](C)CN(c2cccc(-c3ccc4cnc(CNC(=O)c5ccc6c(c5)OCO6)cc4n3)n2)C1. The molecule has 1 aromatic carbocycles. The molecular weight excluding hydrogens is 466 g/mol. The third-order valence-corrected chi connectivity index (χ3v) is 6.88. The summed E-state index contributed by atoms with van der Waals surface area (Å²) in [7, 11) is 0. The van der Waals surface area contributed by atoms with Crippen molar-refractivity contribution in [3.8, 4) is 22.9 Å². The van der Waals surface area contributed by atoms with Gasteiger partial charge in [0.2, 0.25) is 6.79 Å². The minimum absolute atomic E-state index is 0.173. The fraction of sp³-hybridized carbons (Fsp3) is 0.310. The average molecular weight is 496 g/mol. The second-order valence-corrected chi connectivity index (χ2v) is 10.0. The minimum atomic E-state index is -0.204. The van der Waals surface area contributed by atoms with E-state index >= 15 is 0 Å². The van der Waals surface area contributed by atoms with E-state index in [1.807, 2.05) is 24.3 Å². The average Bonchev–Trinajstić information content (AvgIpc) is 3.39. The summed E-state index contributed by atoms with van der Waals surface area (Å²) in [6.45, 7) is 7.13. The van der Waals surface area contributed by atoms with E-state index in [4.69, 9.17) is 19.4 Å². The van der Waals surface area contributed by atoms with Gasteiger partial charge < -0.3 is 19.7 Å². The van der Waals surface area contributed by atoms with Crippen LogP contribution in [0, 0.1) is 11.8 Å². The molecule has 6 rings (SSSR count). The number of carbonyl (C=O) groups excluding carboxylic acids is 1. The lowest BCUT2D eigenvalue weighted by Crippen LogP contribution is -2.39. The first-order valence-electron chi connectivity index (χ1n) is 12.7. The summed E-state index contributed by atoms with van der Waals surface area (Å²) >= 11 is 0. The van der Waals surface area contributed by atoms with Crippen molar-refractivity contribution in [2.45, 2.75) is 26.8 Å². The monoisotopic (exact) mass is 495 g/mol. The Balaban J connectivity index is 1.19. The third-order valence-electron chi connectivity index (χ3n) is 6.88. The van der Waals surface area contributed by atoms with Gasteiger partial charge in [-0.15, -0.1) is 0 Å². The molecule has 1 amide bonds. The number of aromatic nitrogens is 3. The van der Waals surface area contributed by atoms with Gasteiger partial charge in [-0.3, -0.25) is 9.78 Å². The quantitative estimate of drug-likeness (QED) is 0.424. The van der Waals surface area contributed by atoms with Crippen molar-refractivity contribution in [3.63, 3.8) is 0 Å². The van der Waals surface area contributed by atoms with Crippen molar-refractivity contribution in [2.24, 2.45) is 11.8 Å². The van der Waals surface area contributed by atoms with Crippen LogP contribution < -0.4 is 19.7 Å². The number of hydrogen-bond donors (Lipinski definition) is 1. The lowest BCUT2D eigenvalue weighted by molar-refractivity contribution is 0.0950. The summed E-state index contributed by atoms with van der Waals surface area (Å²) in [6.07, 6.45) is 3.05. The molecule has 37 heavy (non-hydrogen) atoms. The molecule has 0 radical (unpaired) electrons. The first-order valence-corrected chi connectivity index (χ1v) is 12.7. The smallest absolute Gasteiger partial charge is 0.251 e. The number of nitrogens with zero attached hydrogens (tertiary/aromatic N) is 4. The van der Waals surface area contributed by atoms with Gasteiger partial charge in [-0.1, -0.05) is 19.9 Å². The summed E-state index contributed by atoms with van der Waals surface area (Å²) in [5.41, 5.74) is 3.71. The molecule has 3 aromatic heterocycles. The van der Waals surface area contributed by atoms with E-state index in [1.54, 1.807) is 24.4 Å². The molecule has 4 aromatic rings. The molecular formula is C29H29N5O3. The Morgan fingerprint density at radius 2 is 1.78 bits per heavy atom. The van der Waals surface area contributed by atoms with Crippen LogP contribution in [0.25, 0.3) is 22.3 Å². The van der Waals surface area contributed by atoms with Crippen LogP contribution in [0.5, 0.6) is 11.5 Å². The molecule has 0 bridgehead atoms. The second kappa shape index (κ2) is 9.69. The molecule has 8 heteroatoms. The summed E-state index contributed by atoms with van der Waals surface area (Å²) in [6, 6.07) is 17.2. The maximum absolute atomic E-state index is 12.7. The van der Waals surface area contributed by atoms with E-state index in [0.717, 1.165) is 46.9 Å². The Bertz CT molecular complexity index is 1460. The van der Waals surface area contributed by atoms with E-state index in [1.165, 1.54) is 6.42 Å². The van der Waals surface area contributed by atoms with Crippen LogP contribution in [-0.2, 0) is 6.54 Å². The van der Waals surface area contributed by atoms with Crippen LogP contribution in [-0.4, -0.2) is 40.7 Å². The van der Waals surface area contributed by atoms with Crippen LogP contribution in [0.1, 0.15) is 36.3 Å². The van der Waals surface area contributed by atoms with Gasteiger partial charge in [0.15, 0.2) is 11.5 Å². The molecule has 0 aliphatic carbocycles. The number of anilines is 1. The van der Waals surface area contributed by atoms with Crippen molar-refractivity contribution in [3.05, 3.63) is 72.1 Å². The first kappa shape index (κ1) is 23.2. The Kier molecular flexibility index (Phi) is 6.08. The molecule has 0 spiro atoms. The van der Waals surface area contributed by atoms with E-state index in [-0.39, 0.29) is 19.2 Å². The maximum Gasteiger partial charge on any atom is 0.251 e. The molecule has 1 fully saturated rings. The Hall–Kier alpha value is -4.20. The Morgan fingerprint density at radius 3 is 2.65 bits per heavy atom. The number of fused-ring (bicyclic) bond motifs is 2. The summed E-state index contributed by atoms with van der Waals surface area (Å²) in [4.78, 5) is 29.4. The van der Waals surface area contributed by atoms with Crippen LogP contribution in [0.15, 0.2) is 60.8 Å². The van der Waals surface area contributed by atoms with Crippen molar-refractivity contribution in [2.75, 3.05) is 24.8 Å². The van der Waals surface area contributed by atoms with Gasteiger partial charge in [-0.2, -0.15) is 0 Å². The highest BCUT2D eigenvalue weighted by atomic mass is 16.7. The molecule has 2 aliphatic rings. The van der Waals surface area contributed by atoms with Gasteiger partial charge in [-0.05, 0) is 66.8 Å². The zero-order valence-corrected chi connectivity index (χ0v) is 21.0. The van der Waals surface area contributed by atoms with Gasteiger partial charge in [0, 0.05) is 30.2 Å². The molecule has 1 saturated heterocycles. The number of pyridine rings is 3. The van der Waals surface area contributed by atoms with Gasteiger partial charge in [-0.25, -0.2) is 9.97 Å². The lowest BCUT2D eigenvalue weighted by Gasteiger charge is -2.35. The van der Waals surface area contributed by atoms with E-state index in [9.17, 15) is 4.79 Å². The van der Waals surface area contributed by atoms with Crippen molar-refractivity contribution in [1.29, 1.82) is 0 Å². The minimum Gasteiger partial charge on any atom is -0.454 e. The van der Waals surface area contributed by atoms with Gasteiger partial charge in [0.25, 0.3) is 5.91 Å². The van der Waals surface area contributed by atoms with E-state index in [0.29, 0.717) is 28.9 Å². The standard InChI is InChI=1S/C29H29N5O3/c1-18-10-19(2)16-34(15-18)28-5-3-4-23(33-28)24-8-6-21-13-30-22(12-25(21)32-24)14-31-29(35)20-7-9-26-27(11-20)37-17-36-26/h3-9,11-13,18-19H,10,14-17H2,1-2H3,(H,31,35)/t18-,19+. The maximum atomic E-state index is 12.7. The third kappa shape index (κ3) is 4.91. The highest BCUT2D eigenvalue weighted by molar-refractivity contribution is 5.95. The number of ether oxygens (including phenoxy) is 2. The van der Waals surface area contributed by atoms with Crippen molar-refractivity contribution in [1.82, 2.24) is 20.3 Å². The molecule has 0 saturated carbocycles. The highest BCUT2D eigenvalue weighted by Crippen LogP contribution is 2.32. The highest BCUT2D eigenvalue weighted by Gasteiger charge is 2.23. The topological polar surface area (TPSA) is 89.5 Å².